The monoisotopic (exact) mass is 336 g/mol. The summed E-state index contributed by atoms with van der Waals surface area (Å²) in [4.78, 5) is 8.56. The molecule has 2 heterocycles. The predicted octanol–water partition coefficient (Wildman–Crippen LogP) is 1.60. The van der Waals surface area contributed by atoms with Crippen molar-refractivity contribution in [1.29, 1.82) is 0 Å². The molecule has 2 aromatic rings. The SMILES string of the molecule is NCc1cncc([C@@H]2CCCN2S(=O)(=O)c2ccc(F)cc2)n1. The first-order valence-corrected chi connectivity index (χ1v) is 8.74. The van der Waals surface area contributed by atoms with Gasteiger partial charge < -0.3 is 5.73 Å². The Morgan fingerprint density at radius 2 is 2.00 bits per heavy atom. The summed E-state index contributed by atoms with van der Waals surface area (Å²) in [6.45, 7) is 0.650. The van der Waals surface area contributed by atoms with Crippen LogP contribution in [0.1, 0.15) is 30.3 Å². The number of halogens is 1. The van der Waals surface area contributed by atoms with Gasteiger partial charge in [0.25, 0.3) is 0 Å². The molecule has 8 heteroatoms. The van der Waals surface area contributed by atoms with Gasteiger partial charge in [-0.3, -0.25) is 9.97 Å². The van der Waals surface area contributed by atoms with Gasteiger partial charge in [0.15, 0.2) is 0 Å². The second-order valence-electron chi connectivity index (χ2n) is 5.37. The van der Waals surface area contributed by atoms with Crippen molar-refractivity contribution in [3.05, 3.63) is 53.9 Å². The molecule has 1 saturated heterocycles. The maximum atomic E-state index is 13.0. The van der Waals surface area contributed by atoms with Gasteiger partial charge in [-0.1, -0.05) is 0 Å². The van der Waals surface area contributed by atoms with Gasteiger partial charge in [-0.2, -0.15) is 4.31 Å². The maximum Gasteiger partial charge on any atom is 0.243 e. The fourth-order valence-corrected chi connectivity index (χ4v) is 4.42. The van der Waals surface area contributed by atoms with E-state index in [0.29, 0.717) is 24.4 Å². The van der Waals surface area contributed by atoms with Gasteiger partial charge in [0, 0.05) is 19.3 Å². The first kappa shape index (κ1) is 16.0. The van der Waals surface area contributed by atoms with Crippen LogP contribution >= 0.6 is 0 Å². The second kappa shape index (κ2) is 6.31. The third-order valence-corrected chi connectivity index (χ3v) is 5.80. The number of nitrogens with zero attached hydrogens (tertiary/aromatic N) is 3. The lowest BCUT2D eigenvalue weighted by atomic mass is 10.2. The molecule has 6 nitrogen and oxygen atoms in total. The molecule has 1 fully saturated rings. The highest BCUT2D eigenvalue weighted by Gasteiger charge is 2.37. The molecule has 0 saturated carbocycles. The van der Waals surface area contributed by atoms with Gasteiger partial charge in [0.05, 0.1) is 28.5 Å². The molecule has 0 amide bonds. The summed E-state index contributed by atoms with van der Waals surface area (Å²) in [6, 6.07) is 4.48. The minimum absolute atomic E-state index is 0.0775. The van der Waals surface area contributed by atoms with E-state index in [0.717, 1.165) is 18.6 Å². The molecule has 3 rings (SSSR count). The lowest BCUT2D eigenvalue weighted by Crippen LogP contribution is -2.31. The van der Waals surface area contributed by atoms with Crippen LogP contribution in [0.15, 0.2) is 41.6 Å². The Balaban J connectivity index is 1.96. The average molecular weight is 336 g/mol. The van der Waals surface area contributed by atoms with Crippen molar-refractivity contribution in [1.82, 2.24) is 14.3 Å². The average Bonchev–Trinajstić information content (AvgIpc) is 3.06. The topological polar surface area (TPSA) is 89.2 Å². The molecule has 23 heavy (non-hydrogen) atoms. The Labute approximate surface area is 134 Å². The van der Waals surface area contributed by atoms with Crippen molar-refractivity contribution in [3.8, 4) is 0 Å². The molecular weight excluding hydrogens is 319 g/mol. The molecule has 1 aromatic heterocycles. The van der Waals surface area contributed by atoms with Gasteiger partial charge >= 0.3 is 0 Å². The van der Waals surface area contributed by atoms with E-state index in [1.54, 1.807) is 12.4 Å². The third kappa shape index (κ3) is 3.10. The van der Waals surface area contributed by atoms with Crippen LogP contribution in [-0.2, 0) is 16.6 Å². The lowest BCUT2D eigenvalue weighted by molar-refractivity contribution is 0.389. The Kier molecular flexibility index (Phi) is 4.38. The smallest absolute Gasteiger partial charge is 0.243 e. The van der Waals surface area contributed by atoms with E-state index in [1.165, 1.54) is 16.4 Å². The van der Waals surface area contributed by atoms with Crippen LogP contribution in [0, 0.1) is 5.82 Å². The standard InChI is InChI=1S/C15H17FN4O2S/c16-11-3-5-13(6-4-11)23(21,22)20-7-1-2-15(20)14-10-18-9-12(8-17)19-14/h3-6,9-10,15H,1-2,7-8,17H2/t15-/m0/s1. The molecule has 1 aliphatic heterocycles. The van der Waals surface area contributed by atoms with E-state index < -0.39 is 15.8 Å². The van der Waals surface area contributed by atoms with Gasteiger partial charge in [-0.05, 0) is 37.1 Å². The van der Waals surface area contributed by atoms with Gasteiger partial charge in [-0.15, -0.1) is 0 Å². The van der Waals surface area contributed by atoms with Crippen LogP contribution in [0.5, 0.6) is 0 Å². The van der Waals surface area contributed by atoms with Crippen LogP contribution in [0.3, 0.4) is 0 Å². The van der Waals surface area contributed by atoms with Crippen molar-refractivity contribution in [2.75, 3.05) is 6.54 Å². The number of rotatable bonds is 4. The predicted molar refractivity (Wildman–Crippen MR) is 82.2 cm³/mol. The first-order valence-electron chi connectivity index (χ1n) is 7.30. The Morgan fingerprint density at radius 1 is 1.26 bits per heavy atom. The third-order valence-electron chi connectivity index (χ3n) is 3.88. The highest BCUT2D eigenvalue weighted by molar-refractivity contribution is 7.89. The molecular formula is C15H17FN4O2S. The molecule has 1 aliphatic rings. The Morgan fingerprint density at radius 3 is 2.70 bits per heavy atom. The van der Waals surface area contributed by atoms with Gasteiger partial charge in [0.1, 0.15) is 5.82 Å². The maximum absolute atomic E-state index is 13.0. The molecule has 0 bridgehead atoms. The van der Waals surface area contributed by atoms with E-state index in [-0.39, 0.29) is 17.5 Å². The van der Waals surface area contributed by atoms with E-state index >= 15 is 0 Å². The number of benzene rings is 1. The Hall–Kier alpha value is -1.90. The summed E-state index contributed by atoms with van der Waals surface area (Å²) < 4.78 is 40.1. The summed E-state index contributed by atoms with van der Waals surface area (Å²) in [5.74, 6) is -0.469. The number of aromatic nitrogens is 2. The highest BCUT2D eigenvalue weighted by Crippen LogP contribution is 2.35. The summed E-state index contributed by atoms with van der Waals surface area (Å²) >= 11 is 0. The van der Waals surface area contributed by atoms with Crippen LogP contribution in [0.2, 0.25) is 0 Å². The molecule has 0 spiro atoms. The van der Waals surface area contributed by atoms with Crippen LogP contribution in [-0.4, -0.2) is 29.2 Å². The van der Waals surface area contributed by atoms with Crippen molar-refractivity contribution in [3.63, 3.8) is 0 Å². The number of nitrogens with two attached hydrogens (primary N) is 1. The second-order valence-corrected chi connectivity index (χ2v) is 7.26. The minimum Gasteiger partial charge on any atom is -0.325 e. The number of hydrogen-bond acceptors (Lipinski definition) is 5. The molecule has 1 aromatic carbocycles. The molecule has 1 atom stereocenters. The summed E-state index contributed by atoms with van der Waals surface area (Å²) in [5.41, 5.74) is 6.79. The van der Waals surface area contributed by atoms with Gasteiger partial charge in [0.2, 0.25) is 10.0 Å². The zero-order valence-corrected chi connectivity index (χ0v) is 13.2. The van der Waals surface area contributed by atoms with Gasteiger partial charge in [-0.25, -0.2) is 12.8 Å². The quantitative estimate of drug-likeness (QED) is 0.916. The highest BCUT2D eigenvalue weighted by atomic mass is 32.2. The van der Waals surface area contributed by atoms with Crippen LogP contribution in [0.25, 0.3) is 0 Å². The number of hydrogen-bond donors (Lipinski definition) is 1. The van der Waals surface area contributed by atoms with Crippen LogP contribution in [0.4, 0.5) is 4.39 Å². The zero-order valence-electron chi connectivity index (χ0n) is 12.4. The summed E-state index contributed by atoms with van der Waals surface area (Å²) in [7, 11) is -3.70. The van der Waals surface area contributed by atoms with Crippen molar-refractivity contribution in [2.45, 2.75) is 30.3 Å². The first-order chi connectivity index (χ1) is 11.0. The molecule has 0 aliphatic carbocycles. The van der Waals surface area contributed by atoms with Crippen molar-refractivity contribution < 1.29 is 12.8 Å². The van der Waals surface area contributed by atoms with E-state index in [1.807, 2.05) is 0 Å². The fourth-order valence-electron chi connectivity index (χ4n) is 2.75. The van der Waals surface area contributed by atoms with Crippen molar-refractivity contribution >= 4 is 10.0 Å². The number of sulfonamides is 1. The Bertz CT molecular complexity index is 795. The van der Waals surface area contributed by atoms with Crippen molar-refractivity contribution in [2.24, 2.45) is 5.73 Å². The molecule has 0 radical (unpaired) electrons. The van der Waals surface area contributed by atoms with E-state index in [2.05, 4.69) is 9.97 Å². The summed E-state index contributed by atoms with van der Waals surface area (Å²) in [5, 5.41) is 0. The minimum atomic E-state index is -3.70. The largest absolute Gasteiger partial charge is 0.325 e. The molecule has 122 valence electrons. The van der Waals surface area contributed by atoms with Crippen LogP contribution < -0.4 is 5.73 Å². The fraction of sp³-hybridized carbons (Fsp3) is 0.333. The van der Waals surface area contributed by atoms with E-state index in [9.17, 15) is 12.8 Å². The zero-order chi connectivity index (χ0) is 16.4. The molecule has 2 N–H and O–H groups in total. The molecule has 0 unspecified atom stereocenters. The lowest BCUT2D eigenvalue weighted by Gasteiger charge is -2.23. The normalized spacial score (nSPS) is 19.1. The summed E-state index contributed by atoms with van der Waals surface area (Å²) in [6.07, 6.45) is 4.54. The van der Waals surface area contributed by atoms with E-state index in [4.69, 9.17) is 5.73 Å².